The summed E-state index contributed by atoms with van der Waals surface area (Å²) < 4.78 is 0. The maximum absolute atomic E-state index is 12.0. The van der Waals surface area contributed by atoms with Gasteiger partial charge in [0.2, 0.25) is 0 Å². The van der Waals surface area contributed by atoms with Crippen LogP contribution in [0, 0.1) is 0 Å². The first-order valence-electron chi connectivity index (χ1n) is 6.53. The Labute approximate surface area is 116 Å². The van der Waals surface area contributed by atoms with Crippen LogP contribution in [0.25, 0.3) is 10.9 Å². The molecule has 1 aromatic carbocycles. The van der Waals surface area contributed by atoms with Gasteiger partial charge in [0.25, 0.3) is 5.91 Å². The lowest BCUT2D eigenvalue weighted by molar-refractivity contribution is 0.102. The number of anilines is 1. The maximum atomic E-state index is 12.0. The number of carbonyl (C=O) groups is 1. The molecule has 0 aliphatic rings. The molecule has 0 atom stereocenters. The molecule has 0 aliphatic carbocycles. The van der Waals surface area contributed by atoms with Crippen molar-refractivity contribution in [1.29, 1.82) is 0 Å². The largest absolute Gasteiger partial charge is 0.361 e. The summed E-state index contributed by atoms with van der Waals surface area (Å²) in [4.78, 5) is 18.1. The molecule has 102 valence electrons. The number of carbonyl (C=O) groups excluding carboxylic acids is 1. The van der Waals surface area contributed by atoms with Crippen LogP contribution in [-0.4, -0.2) is 22.4 Å². The van der Waals surface area contributed by atoms with E-state index in [-0.39, 0.29) is 5.91 Å². The van der Waals surface area contributed by atoms with Crippen LogP contribution in [0.4, 0.5) is 5.69 Å². The van der Waals surface area contributed by atoms with E-state index in [1.165, 1.54) is 5.56 Å². The predicted molar refractivity (Wildman–Crippen MR) is 79.8 cm³/mol. The summed E-state index contributed by atoms with van der Waals surface area (Å²) in [6.45, 7) is 0.603. The van der Waals surface area contributed by atoms with E-state index in [1.54, 1.807) is 18.3 Å². The van der Waals surface area contributed by atoms with Gasteiger partial charge in [-0.15, -0.1) is 0 Å². The van der Waals surface area contributed by atoms with Crippen LogP contribution in [0.5, 0.6) is 0 Å². The predicted octanol–water partition coefficient (Wildman–Crippen LogP) is 2.25. The molecule has 5 nitrogen and oxygen atoms in total. The number of nitrogens with one attached hydrogen (secondary N) is 3. The van der Waals surface area contributed by atoms with E-state index in [4.69, 9.17) is 5.73 Å². The van der Waals surface area contributed by atoms with Gasteiger partial charge in [0.15, 0.2) is 0 Å². The Kier molecular flexibility index (Phi) is 3.26. The van der Waals surface area contributed by atoms with Crippen LogP contribution in [0.15, 0.2) is 42.7 Å². The van der Waals surface area contributed by atoms with Crippen LogP contribution >= 0.6 is 0 Å². The van der Waals surface area contributed by atoms with Gasteiger partial charge in [-0.1, -0.05) is 0 Å². The number of amides is 1. The van der Waals surface area contributed by atoms with Crippen molar-refractivity contribution in [3.05, 3.63) is 54.0 Å². The zero-order valence-corrected chi connectivity index (χ0v) is 10.9. The van der Waals surface area contributed by atoms with Crippen molar-refractivity contribution in [2.75, 3.05) is 11.9 Å². The number of aromatic nitrogens is 2. The van der Waals surface area contributed by atoms with Gasteiger partial charge in [0.1, 0.15) is 5.69 Å². The molecule has 0 bridgehead atoms. The smallest absolute Gasteiger partial charge is 0.272 e. The first-order valence-corrected chi connectivity index (χ1v) is 6.53. The number of nitrogens with two attached hydrogens (primary N) is 1. The van der Waals surface area contributed by atoms with Crippen LogP contribution in [0.3, 0.4) is 0 Å². The van der Waals surface area contributed by atoms with Gasteiger partial charge < -0.3 is 21.0 Å². The first kappa shape index (κ1) is 12.5. The Hall–Kier alpha value is -2.53. The molecule has 3 aromatic rings. The van der Waals surface area contributed by atoms with E-state index in [9.17, 15) is 4.79 Å². The summed E-state index contributed by atoms with van der Waals surface area (Å²) in [5.41, 5.74) is 9.13. The molecule has 0 fully saturated rings. The summed E-state index contributed by atoms with van der Waals surface area (Å²) in [6.07, 6.45) is 4.51. The van der Waals surface area contributed by atoms with Gasteiger partial charge >= 0.3 is 0 Å². The highest BCUT2D eigenvalue weighted by atomic mass is 16.1. The molecular formula is C15H16N4O. The van der Waals surface area contributed by atoms with Crippen molar-refractivity contribution < 1.29 is 4.79 Å². The fraction of sp³-hybridized carbons (Fsp3) is 0.133. The van der Waals surface area contributed by atoms with Gasteiger partial charge in [-0.05, 0) is 48.9 Å². The molecule has 20 heavy (non-hydrogen) atoms. The number of H-pyrrole nitrogens is 2. The van der Waals surface area contributed by atoms with Crippen LogP contribution < -0.4 is 11.1 Å². The summed E-state index contributed by atoms with van der Waals surface area (Å²) in [5.74, 6) is -0.148. The van der Waals surface area contributed by atoms with Crippen LogP contribution in [0.2, 0.25) is 0 Å². The van der Waals surface area contributed by atoms with Gasteiger partial charge in [-0.25, -0.2) is 0 Å². The monoisotopic (exact) mass is 268 g/mol. The Balaban J connectivity index is 1.88. The fourth-order valence-corrected chi connectivity index (χ4v) is 2.29. The standard InChI is InChI=1S/C15H16N4O/c16-6-5-10-9-18-13-4-3-11(8-12(10)13)19-15(20)14-2-1-7-17-14/h1-4,7-9,17-18H,5-6,16H2,(H,19,20). The average molecular weight is 268 g/mol. The lowest BCUT2D eigenvalue weighted by Crippen LogP contribution is -2.12. The number of aromatic amines is 2. The van der Waals surface area contributed by atoms with E-state index >= 15 is 0 Å². The summed E-state index contributed by atoms with van der Waals surface area (Å²) in [7, 11) is 0. The fourth-order valence-electron chi connectivity index (χ4n) is 2.29. The molecule has 0 radical (unpaired) electrons. The second-order valence-corrected chi connectivity index (χ2v) is 4.65. The van der Waals surface area contributed by atoms with Crippen molar-refractivity contribution in [3.8, 4) is 0 Å². The van der Waals surface area contributed by atoms with E-state index in [0.717, 1.165) is 23.0 Å². The Morgan fingerprint density at radius 1 is 1.25 bits per heavy atom. The highest BCUT2D eigenvalue weighted by molar-refractivity contribution is 6.04. The highest BCUT2D eigenvalue weighted by Gasteiger charge is 2.08. The molecule has 0 spiro atoms. The second-order valence-electron chi connectivity index (χ2n) is 4.65. The quantitative estimate of drug-likeness (QED) is 0.585. The zero-order valence-electron chi connectivity index (χ0n) is 10.9. The summed E-state index contributed by atoms with van der Waals surface area (Å²) in [6, 6.07) is 9.34. The Morgan fingerprint density at radius 2 is 2.15 bits per heavy atom. The molecule has 0 saturated carbocycles. The topological polar surface area (TPSA) is 86.7 Å². The molecule has 3 rings (SSSR count). The van der Waals surface area contributed by atoms with E-state index in [0.29, 0.717) is 12.2 Å². The normalized spacial score (nSPS) is 10.8. The molecule has 0 aliphatic heterocycles. The number of hydrogen-bond acceptors (Lipinski definition) is 2. The third kappa shape index (κ3) is 2.31. The number of fused-ring (bicyclic) bond motifs is 1. The lowest BCUT2D eigenvalue weighted by atomic mass is 10.1. The van der Waals surface area contributed by atoms with Crippen molar-refractivity contribution in [2.24, 2.45) is 5.73 Å². The molecule has 1 amide bonds. The molecule has 0 unspecified atom stereocenters. The van der Waals surface area contributed by atoms with Crippen molar-refractivity contribution in [2.45, 2.75) is 6.42 Å². The number of benzene rings is 1. The minimum absolute atomic E-state index is 0.148. The van der Waals surface area contributed by atoms with Crippen LogP contribution in [0.1, 0.15) is 16.1 Å². The van der Waals surface area contributed by atoms with E-state index in [2.05, 4.69) is 15.3 Å². The van der Waals surface area contributed by atoms with Crippen molar-refractivity contribution >= 4 is 22.5 Å². The van der Waals surface area contributed by atoms with E-state index in [1.807, 2.05) is 24.4 Å². The molecule has 2 heterocycles. The van der Waals surface area contributed by atoms with Gasteiger partial charge in [-0.2, -0.15) is 0 Å². The van der Waals surface area contributed by atoms with Crippen molar-refractivity contribution in [1.82, 2.24) is 9.97 Å². The third-order valence-corrected chi connectivity index (χ3v) is 3.28. The zero-order chi connectivity index (χ0) is 13.9. The first-order chi connectivity index (χ1) is 9.78. The molecular weight excluding hydrogens is 252 g/mol. The maximum Gasteiger partial charge on any atom is 0.272 e. The van der Waals surface area contributed by atoms with Gasteiger partial charge in [0.05, 0.1) is 0 Å². The van der Waals surface area contributed by atoms with E-state index < -0.39 is 0 Å². The average Bonchev–Trinajstić information content (AvgIpc) is 3.09. The molecule has 0 saturated heterocycles. The minimum Gasteiger partial charge on any atom is -0.361 e. The SMILES string of the molecule is NCCc1c[nH]c2ccc(NC(=O)c3ccc[nH]3)cc12. The number of hydrogen-bond donors (Lipinski definition) is 4. The Morgan fingerprint density at radius 3 is 2.90 bits per heavy atom. The highest BCUT2D eigenvalue weighted by Crippen LogP contribution is 2.23. The lowest BCUT2D eigenvalue weighted by Gasteiger charge is -2.05. The van der Waals surface area contributed by atoms with Crippen LogP contribution in [-0.2, 0) is 6.42 Å². The summed E-state index contributed by atoms with van der Waals surface area (Å²) in [5, 5.41) is 3.98. The van der Waals surface area contributed by atoms with Crippen molar-refractivity contribution in [3.63, 3.8) is 0 Å². The summed E-state index contributed by atoms with van der Waals surface area (Å²) >= 11 is 0. The third-order valence-electron chi connectivity index (χ3n) is 3.28. The van der Waals surface area contributed by atoms with Gasteiger partial charge in [0, 0.05) is 29.0 Å². The number of rotatable bonds is 4. The second kappa shape index (κ2) is 5.22. The minimum atomic E-state index is -0.148. The Bertz CT molecular complexity index is 728. The van der Waals surface area contributed by atoms with Gasteiger partial charge in [-0.3, -0.25) is 4.79 Å². The molecule has 5 N–H and O–H groups in total. The molecule has 2 aromatic heterocycles. The molecule has 5 heteroatoms.